The van der Waals surface area contributed by atoms with E-state index in [4.69, 9.17) is 0 Å². The predicted molar refractivity (Wildman–Crippen MR) is 102 cm³/mol. The van der Waals surface area contributed by atoms with Crippen LogP contribution in [0.4, 0.5) is 10.1 Å². The van der Waals surface area contributed by atoms with Crippen molar-refractivity contribution in [3.05, 3.63) is 89.3 Å². The molecule has 1 amide bonds. The molecule has 0 saturated carbocycles. The minimum absolute atomic E-state index is 0.253. The molecule has 0 unspecified atom stereocenters. The van der Waals surface area contributed by atoms with Gasteiger partial charge >= 0.3 is 0 Å². The maximum atomic E-state index is 13.8. The van der Waals surface area contributed by atoms with E-state index in [0.29, 0.717) is 29.2 Å². The molecule has 0 bridgehead atoms. The van der Waals surface area contributed by atoms with Gasteiger partial charge in [-0.25, -0.2) is 14.4 Å². The molecule has 2 N–H and O–H groups in total. The Kier molecular flexibility index (Phi) is 4.38. The average Bonchev–Trinajstić information content (AvgIpc) is 3.05. The second kappa shape index (κ2) is 6.99. The van der Waals surface area contributed by atoms with E-state index in [1.807, 2.05) is 19.1 Å². The highest BCUT2D eigenvalue weighted by atomic mass is 19.1. The maximum Gasteiger partial charge on any atom is 0.274 e. The minimum Gasteiger partial charge on any atom is -0.342 e. The molecule has 6 heteroatoms. The Hall–Kier alpha value is -3.54. The Bertz CT molecular complexity index is 1140. The molecular weight excluding hydrogens is 343 g/mol. The molecule has 0 aliphatic heterocycles. The third-order valence-electron chi connectivity index (χ3n) is 4.23. The molecule has 0 saturated heterocycles. The molecule has 4 rings (SSSR count). The van der Waals surface area contributed by atoms with Crippen LogP contribution in [0.3, 0.4) is 0 Å². The van der Waals surface area contributed by atoms with Crippen molar-refractivity contribution in [3.8, 4) is 0 Å². The molecular formula is C21H17FN4O. The number of amides is 1. The standard InChI is InChI=1S/C21H17FN4O/c1-13-5-4-8-18(23-13)21(27)24-15-9-10-17-19(12-15)26-20(25-17)11-14-6-2-3-7-16(14)22/h2-10,12H,11H2,1H3,(H,24,27)(H,25,26). The fourth-order valence-electron chi connectivity index (χ4n) is 2.91. The van der Waals surface area contributed by atoms with Gasteiger partial charge in [-0.3, -0.25) is 4.79 Å². The van der Waals surface area contributed by atoms with Gasteiger partial charge in [0.2, 0.25) is 0 Å². The molecule has 0 fully saturated rings. The van der Waals surface area contributed by atoms with Crippen LogP contribution >= 0.6 is 0 Å². The third kappa shape index (κ3) is 3.69. The highest BCUT2D eigenvalue weighted by Gasteiger charge is 2.10. The third-order valence-corrected chi connectivity index (χ3v) is 4.23. The number of nitrogens with one attached hydrogen (secondary N) is 2. The number of aryl methyl sites for hydroxylation is 1. The number of halogens is 1. The van der Waals surface area contributed by atoms with Gasteiger partial charge in [0.15, 0.2) is 0 Å². The van der Waals surface area contributed by atoms with E-state index in [1.54, 1.807) is 42.5 Å². The summed E-state index contributed by atoms with van der Waals surface area (Å²) in [5.41, 5.74) is 3.89. The Balaban J connectivity index is 1.56. The first-order valence-electron chi connectivity index (χ1n) is 8.55. The molecule has 4 aromatic rings. The van der Waals surface area contributed by atoms with Crippen LogP contribution in [0.1, 0.15) is 27.6 Å². The van der Waals surface area contributed by atoms with Crippen molar-refractivity contribution in [1.82, 2.24) is 15.0 Å². The van der Waals surface area contributed by atoms with Crippen LogP contribution in [0.25, 0.3) is 11.0 Å². The molecule has 27 heavy (non-hydrogen) atoms. The van der Waals surface area contributed by atoms with E-state index in [2.05, 4.69) is 20.3 Å². The van der Waals surface area contributed by atoms with Crippen LogP contribution in [0.15, 0.2) is 60.7 Å². The van der Waals surface area contributed by atoms with Gasteiger partial charge < -0.3 is 10.3 Å². The van der Waals surface area contributed by atoms with Gasteiger partial charge in [-0.1, -0.05) is 24.3 Å². The number of H-pyrrole nitrogens is 1. The number of rotatable bonds is 4. The molecule has 0 aliphatic rings. The second-order valence-electron chi connectivity index (χ2n) is 6.30. The van der Waals surface area contributed by atoms with E-state index in [9.17, 15) is 9.18 Å². The number of aromatic nitrogens is 3. The summed E-state index contributed by atoms with van der Waals surface area (Å²) in [4.78, 5) is 24.2. The topological polar surface area (TPSA) is 70.7 Å². The largest absolute Gasteiger partial charge is 0.342 e. The van der Waals surface area contributed by atoms with Crippen molar-refractivity contribution in [2.24, 2.45) is 0 Å². The van der Waals surface area contributed by atoms with Gasteiger partial charge in [-0.05, 0) is 48.9 Å². The number of anilines is 1. The number of hydrogen-bond acceptors (Lipinski definition) is 3. The summed E-state index contributed by atoms with van der Waals surface area (Å²) in [6.07, 6.45) is 0.371. The summed E-state index contributed by atoms with van der Waals surface area (Å²) < 4.78 is 13.8. The van der Waals surface area contributed by atoms with Gasteiger partial charge in [0.1, 0.15) is 17.3 Å². The molecule has 0 aliphatic carbocycles. The number of aromatic amines is 1. The number of imidazole rings is 1. The minimum atomic E-state index is -0.274. The monoisotopic (exact) mass is 360 g/mol. The first-order chi connectivity index (χ1) is 13.1. The Morgan fingerprint density at radius 3 is 2.74 bits per heavy atom. The van der Waals surface area contributed by atoms with E-state index < -0.39 is 0 Å². The summed E-state index contributed by atoms with van der Waals surface area (Å²) in [5.74, 6) is 0.139. The second-order valence-corrected chi connectivity index (χ2v) is 6.30. The first-order valence-corrected chi connectivity index (χ1v) is 8.55. The average molecular weight is 360 g/mol. The SMILES string of the molecule is Cc1cccc(C(=O)Nc2ccc3nc(Cc4ccccc4F)[nH]c3c2)n1. The number of fused-ring (bicyclic) bond motifs is 1. The summed E-state index contributed by atoms with van der Waals surface area (Å²) >= 11 is 0. The van der Waals surface area contributed by atoms with Gasteiger partial charge in [-0.15, -0.1) is 0 Å². The van der Waals surface area contributed by atoms with Gasteiger partial charge in [-0.2, -0.15) is 0 Å². The van der Waals surface area contributed by atoms with Crippen molar-refractivity contribution < 1.29 is 9.18 Å². The molecule has 134 valence electrons. The number of carbonyl (C=O) groups excluding carboxylic acids is 1. The van der Waals surface area contributed by atoms with Gasteiger partial charge in [0.25, 0.3) is 5.91 Å². The fraction of sp³-hybridized carbons (Fsp3) is 0.0952. The van der Waals surface area contributed by atoms with Crippen molar-refractivity contribution in [1.29, 1.82) is 0 Å². The lowest BCUT2D eigenvalue weighted by Crippen LogP contribution is -2.13. The van der Waals surface area contributed by atoms with Crippen molar-refractivity contribution in [2.45, 2.75) is 13.3 Å². The lowest BCUT2D eigenvalue weighted by Gasteiger charge is -2.05. The quantitative estimate of drug-likeness (QED) is 0.572. The van der Waals surface area contributed by atoms with Crippen LogP contribution in [0.2, 0.25) is 0 Å². The number of pyridine rings is 1. The lowest BCUT2D eigenvalue weighted by molar-refractivity contribution is 0.102. The van der Waals surface area contributed by atoms with Crippen LogP contribution in [0, 0.1) is 12.7 Å². The van der Waals surface area contributed by atoms with Crippen molar-refractivity contribution >= 4 is 22.6 Å². The number of carbonyl (C=O) groups is 1. The van der Waals surface area contributed by atoms with E-state index in [-0.39, 0.29) is 11.7 Å². The summed E-state index contributed by atoms with van der Waals surface area (Å²) in [7, 11) is 0. The van der Waals surface area contributed by atoms with Crippen molar-refractivity contribution in [3.63, 3.8) is 0 Å². The zero-order valence-electron chi connectivity index (χ0n) is 14.7. The zero-order valence-corrected chi connectivity index (χ0v) is 14.7. The van der Waals surface area contributed by atoms with Crippen LogP contribution in [-0.4, -0.2) is 20.9 Å². The van der Waals surface area contributed by atoms with Crippen LogP contribution in [0.5, 0.6) is 0 Å². The molecule has 2 aromatic carbocycles. The van der Waals surface area contributed by atoms with Gasteiger partial charge in [0.05, 0.1) is 11.0 Å². The highest BCUT2D eigenvalue weighted by Crippen LogP contribution is 2.20. The van der Waals surface area contributed by atoms with Crippen LogP contribution < -0.4 is 5.32 Å². The smallest absolute Gasteiger partial charge is 0.274 e. The Labute approximate surface area is 155 Å². The Morgan fingerprint density at radius 1 is 1.07 bits per heavy atom. The van der Waals surface area contributed by atoms with E-state index in [0.717, 1.165) is 16.7 Å². The van der Waals surface area contributed by atoms with E-state index in [1.165, 1.54) is 6.07 Å². The number of hydrogen-bond donors (Lipinski definition) is 2. The number of nitrogens with zero attached hydrogens (tertiary/aromatic N) is 2. The first kappa shape index (κ1) is 16.9. The van der Waals surface area contributed by atoms with Crippen molar-refractivity contribution in [2.75, 3.05) is 5.32 Å². The maximum absolute atomic E-state index is 13.8. The van der Waals surface area contributed by atoms with Crippen LogP contribution in [-0.2, 0) is 6.42 Å². The predicted octanol–water partition coefficient (Wildman–Crippen LogP) is 4.25. The van der Waals surface area contributed by atoms with Gasteiger partial charge in [0, 0.05) is 17.8 Å². The number of benzene rings is 2. The molecule has 0 spiro atoms. The molecule has 0 atom stereocenters. The molecule has 5 nitrogen and oxygen atoms in total. The summed E-state index contributed by atoms with van der Waals surface area (Å²) in [6.45, 7) is 1.84. The summed E-state index contributed by atoms with van der Waals surface area (Å²) in [5, 5.41) is 2.84. The molecule has 2 aromatic heterocycles. The normalized spacial score (nSPS) is 10.9. The molecule has 2 heterocycles. The lowest BCUT2D eigenvalue weighted by atomic mass is 10.1. The fourth-order valence-corrected chi connectivity index (χ4v) is 2.91. The Morgan fingerprint density at radius 2 is 1.93 bits per heavy atom. The van der Waals surface area contributed by atoms with E-state index >= 15 is 0 Å². The molecule has 0 radical (unpaired) electrons. The zero-order chi connectivity index (χ0) is 18.8. The highest BCUT2D eigenvalue weighted by molar-refractivity contribution is 6.03. The summed E-state index contributed by atoms with van der Waals surface area (Å²) in [6, 6.07) is 17.3.